The molecule has 1 heterocycles. The summed E-state index contributed by atoms with van der Waals surface area (Å²) in [6.07, 6.45) is 5.58. The Bertz CT molecular complexity index is 611. The second kappa shape index (κ2) is 7.77. The number of fused-ring (bicyclic) bond motifs is 1. The molecule has 1 fully saturated rings. The summed E-state index contributed by atoms with van der Waals surface area (Å²) < 4.78 is 16.1. The van der Waals surface area contributed by atoms with Crippen molar-refractivity contribution in [1.29, 1.82) is 0 Å². The van der Waals surface area contributed by atoms with Crippen LogP contribution in [0.5, 0.6) is 17.2 Å². The summed E-state index contributed by atoms with van der Waals surface area (Å²) in [4.78, 5) is 11.9. The first-order valence-electron chi connectivity index (χ1n) is 8.09. The SMILES string of the molecule is O=C(NCC#CCOc1ccc2c(c1)OCO2)C1CCCCC1. The molecular weight excluding hydrogens is 294 g/mol. The number of hydrogen-bond donors (Lipinski definition) is 1. The lowest BCUT2D eigenvalue weighted by atomic mass is 9.89. The monoisotopic (exact) mass is 315 g/mol. The predicted molar refractivity (Wildman–Crippen MR) is 85.4 cm³/mol. The lowest BCUT2D eigenvalue weighted by Gasteiger charge is -2.19. The van der Waals surface area contributed by atoms with Gasteiger partial charge in [-0.3, -0.25) is 4.79 Å². The summed E-state index contributed by atoms with van der Waals surface area (Å²) in [5, 5.41) is 2.88. The molecule has 0 bridgehead atoms. The predicted octanol–water partition coefficient (Wildman–Crippen LogP) is 2.49. The zero-order valence-corrected chi connectivity index (χ0v) is 13.1. The Morgan fingerprint density at radius 3 is 2.87 bits per heavy atom. The fraction of sp³-hybridized carbons (Fsp3) is 0.500. The number of rotatable bonds is 4. The van der Waals surface area contributed by atoms with E-state index in [0.717, 1.165) is 31.4 Å². The first-order chi connectivity index (χ1) is 11.3. The molecule has 122 valence electrons. The lowest BCUT2D eigenvalue weighted by molar-refractivity contribution is -0.125. The van der Waals surface area contributed by atoms with E-state index < -0.39 is 0 Å². The van der Waals surface area contributed by atoms with E-state index in [1.54, 1.807) is 6.07 Å². The van der Waals surface area contributed by atoms with E-state index in [-0.39, 0.29) is 25.2 Å². The van der Waals surface area contributed by atoms with Crippen LogP contribution in [-0.2, 0) is 4.79 Å². The van der Waals surface area contributed by atoms with Gasteiger partial charge >= 0.3 is 0 Å². The summed E-state index contributed by atoms with van der Waals surface area (Å²) in [5.41, 5.74) is 0. The van der Waals surface area contributed by atoms with Crippen molar-refractivity contribution >= 4 is 5.91 Å². The molecule has 5 heteroatoms. The summed E-state index contributed by atoms with van der Waals surface area (Å²) in [7, 11) is 0. The van der Waals surface area contributed by atoms with Gasteiger partial charge in [-0.15, -0.1) is 0 Å². The van der Waals surface area contributed by atoms with Gasteiger partial charge in [0.05, 0.1) is 6.54 Å². The highest BCUT2D eigenvalue weighted by Gasteiger charge is 2.20. The van der Waals surface area contributed by atoms with Crippen LogP contribution < -0.4 is 19.5 Å². The van der Waals surface area contributed by atoms with Crippen molar-refractivity contribution in [2.45, 2.75) is 32.1 Å². The zero-order chi connectivity index (χ0) is 15.9. The topological polar surface area (TPSA) is 56.8 Å². The Balaban J connectivity index is 1.36. The van der Waals surface area contributed by atoms with E-state index in [4.69, 9.17) is 14.2 Å². The van der Waals surface area contributed by atoms with E-state index in [1.165, 1.54) is 6.42 Å². The molecule has 0 radical (unpaired) electrons. The van der Waals surface area contributed by atoms with Crippen LogP contribution in [0.3, 0.4) is 0 Å². The highest BCUT2D eigenvalue weighted by Crippen LogP contribution is 2.34. The lowest BCUT2D eigenvalue weighted by Crippen LogP contribution is -2.32. The number of nitrogens with one attached hydrogen (secondary N) is 1. The molecule has 0 saturated heterocycles. The van der Waals surface area contributed by atoms with Crippen LogP contribution in [0.1, 0.15) is 32.1 Å². The quantitative estimate of drug-likeness (QED) is 0.867. The highest BCUT2D eigenvalue weighted by atomic mass is 16.7. The van der Waals surface area contributed by atoms with Crippen LogP contribution in [-0.4, -0.2) is 25.9 Å². The molecule has 23 heavy (non-hydrogen) atoms. The van der Waals surface area contributed by atoms with Crippen LogP contribution in [0.25, 0.3) is 0 Å². The molecule has 1 aromatic rings. The molecule has 0 atom stereocenters. The molecule has 1 saturated carbocycles. The Morgan fingerprint density at radius 1 is 1.17 bits per heavy atom. The minimum absolute atomic E-state index is 0.135. The second-order valence-electron chi connectivity index (χ2n) is 5.71. The van der Waals surface area contributed by atoms with Gasteiger partial charge in [0.2, 0.25) is 12.7 Å². The molecule has 1 aliphatic carbocycles. The molecule has 0 aromatic heterocycles. The molecule has 2 aliphatic rings. The van der Waals surface area contributed by atoms with Gasteiger partial charge in [-0.05, 0) is 25.0 Å². The van der Waals surface area contributed by atoms with E-state index in [1.807, 2.05) is 12.1 Å². The number of benzene rings is 1. The molecule has 5 nitrogen and oxygen atoms in total. The van der Waals surface area contributed by atoms with Crippen LogP contribution in [0.2, 0.25) is 0 Å². The number of amides is 1. The van der Waals surface area contributed by atoms with Crippen LogP contribution in [0, 0.1) is 17.8 Å². The van der Waals surface area contributed by atoms with Gasteiger partial charge in [-0.2, -0.15) is 0 Å². The van der Waals surface area contributed by atoms with Crippen molar-refractivity contribution in [3.63, 3.8) is 0 Å². The standard InChI is InChI=1S/C18H21NO4/c20-18(14-6-2-1-3-7-14)19-10-4-5-11-21-15-8-9-16-17(12-15)23-13-22-16/h8-9,12,14H,1-3,6-7,10-11,13H2,(H,19,20). The van der Waals surface area contributed by atoms with Crippen molar-refractivity contribution in [2.24, 2.45) is 5.92 Å². The van der Waals surface area contributed by atoms with Crippen LogP contribution >= 0.6 is 0 Å². The van der Waals surface area contributed by atoms with Gasteiger partial charge in [0.1, 0.15) is 12.4 Å². The van der Waals surface area contributed by atoms with Crippen molar-refractivity contribution in [1.82, 2.24) is 5.32 Å². The zero-order valence-electron chi connectivity index (χ0n) is 13.1. The second-order valence-corrected chi connectivity index (χ2v) is 5.71. The van der Waals surface area contributed by atoms with Gasteiger partial charge in [-0.1, -0.05) is 31.1 Å². The van der Waals surface area contributed by atoms with E-state index in [9.17, 15) is 4.79 Å². The maximum absolute atomic E-state index is 11.9. The van der Waals surface area contributed by atoms with Crippen molar-refractivity contribution in [2.75, 3.05) is 19.9 Å². The summed E-state index contributed by atoms with van der Waals surface area (Å²) >= 11 is 0. The molecule has 1 aliphatic heterocycles. The van der Waals surface area contributed by atoms with Crippen molar-refractivity contribution < 1.29 is 19.0 Å². The Kier molecular flexibility index (Phi) is 5.25. The van der Waals surface area contributed by atoms with Gasteiger partial charge in [0.15, 0.2) is 11.5 Å². The molecule has 1 aromatic carbocycles. The fourth-order valence-electron chi connectivity index (χ4n) is 2.84. The molecule has 1 N–H and O–H groups in total. The first-order valence-corrected chi connectivity index (χ1v) is 8.09. The van der Waals surface area contributed by atoms with Crippen molar-refractivity contribution in [3.05, 3.63) is 18.2 Å². The third kappa shape index (κ3) is 4.32. The van der Waals surface area contributed by atoms with Gasteiger partial charge in [0.25, 0.3) is 0 Å². The Labute approximate surface area is 136 Å². The molecule has 1 amide bonds. The van der Waals surface area contributed by atoms with Gasteiger partial charge < -0.3 is 19.5 Å². The fourth-order valence-corrected chi connectivity index (χ4v) is 2.84. The van der Waals surface area contributed by atoms with E-state index in [2.05, 4.69) is 17.2 Å². The molecular formula is C18H21NO4. The third-order valence-electron chi connectivity index (χ3n) is 4.11. The van der Waals surface area contributed by atoms with E-state index >= 15 is 0 Å². The highest BCUT2D eigenvalue weighted by molar-refractivity contribution is 5.78. The Morgan fingerprint density at radius 2 is 2.00 bits per heavy atom. The smallest absolute Gasteiger partial charge is 0.231 e. The molecule has 3 rings (SSSR count). The number of hydrogen-bond acceptors (Lipinski definition) is 4. The van der Waals surface area contributed by atoms with Gasteiger partial charge in [-0.25, -0.2) is 0 Å². The minimum Gasteiger partial charge on any atom is -0.481 e. The molecule has 0 spiro atoms. The maximum atomic E-state index is 11.9. The largest absolute Gasteiger partial charge is 0.481 e. The minimum atomic E-state index is 0.135. The maximum Gasteiger partial charge on any atom is 0.231 e. The first kappa shape index (κ1) is 15.5. The summed E-state index contributed by atoms with van der Waals surface area (Å²) in [6.45, 7) is 0.901. The summed E-state index contributed by atoms with van der Waals surface area (Å²) in [5.74, 6) is 8.24. The molecule has 0 unspecified atom stereocenters. The van der Waals surface area contributed by atoms with Crippen LogP contribution in [0.15, 0.2) is 18.2 Å². The van der Waals surface area contributed by atoms with Crippen LogP contribution in [0.4, 0.5) is 0 Å². The van der Waals surface area contributed by atoms with Gasteiger partial charge in [0, 0.05) is 12.0 Å². The number of carbonyl (C=O) groups excluding carboxylic acids is 1. The average molecular weight is 315 g/mol. The average Bonchev–Trinajstić information content (AvgIpc) is 3.06. The van der Waals surface area contributed by atoms with Crippen molar-refractivity contribution in [3.8, 4) is 29.1 Å². The number of carbonyl (C=O) groups is 1. The normalized spacial score (nSPS) is 16.3. The summed E-state index contributed by atoms with van der Waals surface area (Å²) in [6, 6.07) is 5.42. The third-order valence-corrected chi connectivity index (χ3v) is 4.11. The number of ether oxygens (including phenoxy) is 3. The van der Waals surface area contributed by atoms with E-state index in [0.29, 0.717) is 18.0 Å². The Hall–Kier alpha value is -2.35.